The largest absolute Gasteiger partial charge is 0.365 e. The SMILES string of the molecule is CC[C@H]1OC[C@](C)(OCc2ccccc2)[C@H](C)O1. The highest BCUT2D eigenvalue weighted by Crippen LogP contribution is 2.28. The molecule has 1 saturated heterocycles. The lowest BCUT2D eigenvalue weighted by Crippen LogP contribution is -2.52. The zero-order valence-electron chi connectivity index (χ0n) is 11.4. The molecule has 0 saturated carbocycles. The van der Waals surface area contributed by atoms with Crippen LogP contribution in [0.3, 0.4) is 0 Å². The van der Waals surface area contributed by atoms with E-state index in [-0.39, 0.29) is 18.0 Å². The summed E-state index contributed by atoms with van der Waals surface area (Å²) >= 11 is 0. The van der Waals surface area contributed by atoms with Crippen LogP contribution in [0.25, 0.3) is 0 Å². The minimum atomic E-state index is -0.374. The first-order valence-corrected chi connectivity index (χ1v) is 6.59. The molecule has 0 bridgehead atoms. The molecule has 0 amide bonds. The van der Waals surface area contributed by atoms with Crippen LogP contribution in [0.2, 0.25) is 0 Å². The lowest BCUT2D eigenvalue weighted by atomic mass is 10.00. The van der Waals surface area contributed by atoms with Gasteiger partial charge in [0.25, 0.3) is 0 Å². The van der Waals surface area contributed by atoms with Crippen LogP contribution >= 0.6 is 0 Å². The quantitative estimate of drug-likeness (QED) is 0.821. The standard InChI is InChI=1S/C15H22O3/c1-4-14-16-11-15(3,12(2)18-14)17-10-13-8-6-5-7-9-13/h5-9,12,14H,4,10-11H2,1-3H3/t12-,14-,15-/m0/s1. The van der Waals surface area contributed by atoms with Gasteiger partial charge in [0, 0.05) is 0 Å². The van der Waals surface area contributed by atoms with E-state index in [1.165, 1.54) is 5.56 Å². The molecule has 0 radical (unpaired) electrons. The van der Waals surface area contributed by atoms with Crippen LogP contribution in [0.15, 0.2) is 30.3 Å². The minimum Gasteiger partial charge on any atom is -0.365 e. The van der Waals surface area contributed by atoms with E-state index in [2.05, 4.69) is 26.0 Å². The molecular weight excluding hydrogens is 228 g/mol. The summed E-state index contributed by atoms with van der Waals surface area (Å²) in [7, 11) is 0. The van der Waals surface area contributed by atoms with Crippen molar-refractivity contribution in [2.24, 2.45) is 0 Å². The van der Waals surface area contributed by atoms with Gasteiger partial charge in [-0.1, -0.05) is 37.3 Å². The van der Waals surface area contributed by atoms with Crippen molar-refractivity contribution < 1.29 is 14.2 Å². The molecule has 1 heterocycles. The second kappa shape index (κ2) is 5.83. The van der Waals surface area contributed by atoms with Gasteiger partial charge in [-0.25, -0.2) is 0 Å². The lowest BCUT2D eigenvalue weighted by molar-refractivity contribution is -0.293. The molecule has 1 aliphatic rings. The van der Waals surface area contributed by atoms with Crippen molar-refractivity contribution in [2.45, 2.75) is 51.8 Å². The highest BCUT2D eigenvalue weighted by atomic mass is 16.7. The molecule has 1 fully saturated rings. The predicted octanol–water partition coefficient (Wildman–Crippen LogP) is 3.13. The van der Waals surface area contributed by atoms with E-state index in [0.29, 0.717) is 13.2 Å². The van der Waals surface area contributed by atoms with Crippen LogP contribution in [0.1, 0.15) is 32.8 Å². The first-order valence-electron chi connectivity index (χ1n) is 6.59. The molecule has 0 aromatic heterocycles. The third kappa shape index (κ3) is 3.10. The summed E-state index contributed by atoms with van der Waals surface area (Å²) in [5.74, 6) is 0. The molecule has 0 N–H and O–H groups in total. The van der Waals surface area contributed by atoms with Gasteiger partial charge in [-0.3, -0.25) is 0 Å². The maximum Gasteiger partial charge on any atom is 0.157 e. The Kier molecular flexibility index (Phi) is 4.38. The summed E-state index contributed by atoms with van der Waals surface area (Å²) in [6.45, 7) is 7.33. The molecule has 0 spiro atoms. The third-order valence-electron chi connectivity index (χ3n) is 3.52. The normalized spacial score (nSPS) is 32.4. The molecule has 0 aliphatic carbocycles. The molecule has 100 valence electrons. The topological polar surface area (TPSA) is 27.7 Å². The van der Waals surface area contributed by atoms with Crippen molar-refractivity contribution >= 4 is 0 Å². The smallest absolute Gasteiger partial charge is 0.157 e. The van der Waals surface area contributed by atoms with E-state index in [4.69, 9.17) is 14.2 Å². The first-order chi connectivity index (χ1) is 8.64. The van der Waals surface area contributed by atoms with Gasteiger partial charge in [-0.15, -0.1) is 0 Å². The van der Waals surface area contributed by atoms with Crippen molar-refractivity contribution in [1.82, 2.24) is 0 Å². The molecule has 3 heteroatoms. The van der Waals surface area contributed by atoms with E-state index in [0.717, 1.165) is 6.42 Å². The zero-order chi connectivity index (χ0) is 13.0. The fourth-order valence-electron chi connectivity index (χ4n) is 1.98. The maximum atomic E-state index is 6.01. The van der Waals surface area contributed by atoms with E-state index in [9.17, 15) is 0 Å². The van der Waals surface area contributed by atoms with E-state index in [1.807, 2.05) is 25.1 Å². The average molecular weight is 250 g/mol. The summed E-state index contributed by atoms with van der Waals surface area (Å²) in [5.41, 5.74) is 0.796. The monoisotopic (exact) mass is 250 g/mol. The second-order valence-electron chi connectivity index (χ2n) is 5.01. The van der Waals surface area contributed by atoms with Crippen LogP contribution in [0, 0.1) is 0 Å². The predicted molar refractivity (Wildman–Crippen MR) is 70.2 cm³/mol. The van der Waals surface area contributed by atoms with E-state index >= 15 is 0 Å². The molecule has 3 nitrogen and oxygen atoms in total. The number of rotatable bonds is 4. The van der Waals surface area contributed by atoms with E-state index in [1.54, 1.807) is 0 Å². The Bertz CT molecular complexity index is 365. The number of hydrogen-bond donors (Lipinski definition) is 0. The fraction of sp³-hybridized carbons (Fsp3) is 0.600. The Morgan fingerprint density at radius 1 is 1.33 bits per heavy atom. The molecule has 3 atom stereocenters. The van der Waals surface area contributed by atoms with Crippen molar-refractivity contribution in [3.8, 4) is 0 Å². The van der Waals surface area contributed by atoms with Gasteiger partial charge < -0.3 is 14.2 Å². The highest BCUT2D eigenvalue weighted by Gasteiger charge is 2.39. The molecule has 18 heavy (non-hydrogen) atoms. The summed E-state index contributed by atoms with van der Waals surface area (Å²) in [6.07, 6.45) is 0.826. The average Bonchev–Trinajstić information content (AvgIpc) is 2.41. The number of ether oxygens (including phenoxy) is 3. The van der Waals surface area contributed by atoms with Gasteiger partial charge in [-0.05, 0) is 25.8 Å². The van der Waals surface area contributed by atoms with Crippen molar-refractivity contribution in [3.63, 3.8) is 0 Å². The van der Waals surface area contributed by atoms with Gasteiger partial charge >= 0.3 is 0 Å². The molecule has 1 aromatic rings. The lowest BCUT2D eigenvalue weighted by Gasteiger charge is -2.42. The van der Waals surface area contributed by atoms with Gasteiger partial charge in [0.1, 0.15) is 5.60 Å². The van der Waals surface area contributed by atoms with Crippen LogP contribution < -0.4 is 0 Å². The summed E-state index contributed by atoms with van der Waals surface area (Å²) in [4.78, 5) is 0. The third-order valence-corrected chi connectivity index (χ3v) is 3.52. The summed E-state index contributed by atoms with van der Waals surface area (Å²) in [5, 5.41) is 0. The van der Waals surface area contributed by atoms with Crippen LogP contribution in [-0.4, -0.2) is 24.6 Å². The second-order valence-corrected chi connectivity index (χ2v) is 5.01. The summed E-state index contributed by atoms with van der Waals surface area (Å²) < 4.78 is 17.5. The fourth-order valence-corrected chi connectivity index (χ4v) is 1.98. The van der Waals surface area contributed by atoms with Crippen LogP contribution in [0.5, 0.6) is 0 Å². The maximum absolute atomic E-state index is 6.01. The molecule has 1 aliphatic heterocycles. The van der Waals surface area contributed by atoms with Gasteiger partial charge in [0.2, 0.25) is 0 Å². The minimum absolute atomic E-state index is 0.0416. The van der Waals surface area contributed by atoms with E-state index < -0.39 is 0 Å². The van der Waals surface area contributed by atoms with Crippen molar-refractivity contribution in [2.75, 3.05) is 6.61 Å². The molecule has 1 aromatic carbocycles. The van der Waals surface area contributed by atoms with Crippen LogP contribution in [0.4, 0.5) is 0 Å². The Balaban J connectivity index is 1.92. The Labute approximate surface area is 109 Å². The van der Waals surface area contributed by atoms with Crippen molar-refractivity contribution in [3.05, 3.63) is 35.9 Å². The highest BCUT2D eigenvalue weighted by molar-refractivity contribution is 5.13. The Hall–Kier alpha value is -0.900. The zero-order valence-corrected chi connectivity index (χ0v) is 11.4. The summed E-state index contributed by atoms with van der Waals surface area (Å²) in [6, 6.07) is 10.2. The van der Waals surface area contributed by atoms with Gasteiger partial charge in [0.05, 0.1) is 19.3 Å². The Morgan fingerprint density at radius 2 is 2.06 bits per heavy atom. The van der Waals surface area contributed by atoms with Crippen molar-refractivity contribution in [1.29, 1.82) is 0 Å². The molecule has 0 unspecified atom stereocenters. The Morgan fingerprint density at radius 3 is 2.67 bits per heavy atom. The first kappa shape index (κ1) is 13.5. The number of hydrogen-bond acceptors (Lipinski definition) is 3. The van der Waals surface area contributed by atoms with Gasteiger partial charge in [-0.2, -0.15) is 0 Å². The molecular formula is C15H22O3. The van der Waals surface area contributed by atoms with Gasteiger partial charge in [0.15, 0.2) is 6.29 Å². The number of benzene rings is 1. The molecule has 2 rings (SSSR count). The van der Waals surface area contributed by atoms with Crippen LogP contribution in [-0.2, 0) is 20.8 Å².